The molecule has 6 nitrogen and oxygen atoms in total. The van der Waals surface area contributed by atoms with Gasteiger partial charge in [0.05, 0.1) is 4.88 Å². The van der Waals surface area contributed by atoms with E-state index in [1.807, 2.05) is 17.5 Å². The molecule has 1 aliphatic rings. The van der Waals surface area contributed by atoms with Crippen molar-refractivity contribution in [2.45, 2.75) is 18.9 Å². The molecule has 7 heteroatoms. The van der Waals surface area contributed by atoms with Crippen molar-refractivity contribution in [2.75, 3.05) is 6.54 Å². The van der Waals surface area contributed by atoms with E-state index in [9.17, 15) is 14.4 Å². The molecule has 2 N–H and O–H groups in total. The summed E-state index contributed by atoms with van der Waals surface area (Å²) in [5, 5.41) is 1.83. The Morgan fingerprint density at radius 1 is 1.04 bits per heavy atom. The summed E-state index contributed by atoms with van der Waals surface area (Å²) in [5.41, 5.74) is 5.27. The lowest BCUT2D eigenvalue weighted by molar-refractivity contribution is -0.125. The van der Waals surface area contributed by atoms with Crippen LogP contribution in [0.2, 0.25) is 0 Å². The number of carbonyl (C=O) groups is 3. The minimum Gasteiger partial charge on any atom is -0.326 e. The number of nitrogens with zero attached hydrogens (tertiary/aromatic N) is 1. The van der Waals surface area contributed by atoms with Gasteiger partial charge in [-0.05, 0) is 36.4 Å². The van der Waals surface area contributed by atoms with Crippen LogP contribution in [0.1, 0.15) is 32.9 Å². The molecule has 3 rings (SSSR count). The molecule has 24 heavy (non-hydrogen) atoms. The van der Waals surface area contributed by atoms with E-state index in [0.29, 0.717) is 23.4 Å². The highest BCUT2D eigenvalue weighted by Gasteiger charge is 2.35. The standard InChI is InChI=1S/C17H17N3O3S/c21-15(12-6-2-1-3-7-12)18-19-16(22)13-8-4-10-20(13)17(23)14-9-5-11-24-14/h1-3,5-7,9,11,13H,4,8,10H2,(H,18,21)(H,19,22)/t13-/m0/s1. The Kier molecular flexibility index (Phi) is 4.90. The number of benzene rings is 1. The van der Waals surface area contributed by atoms with Crippen LogP contribution >= 0.6 is 11.3 Å². The second-order valence-corrected chi connectivity index (χ2v) is 6.39. The van der Waals surface area contributed by atoms with E-state index in [-0.39, 0.29) is 11.8 Å². The van der Waals surface area contributed by atoms with E-state index in [0.717, 1.165) is 6.42 Å². The predicted molar refractivity (Wildman–Crippen MR) is 90.4 cm³/mol. The molecule has 1 aliphatic heterocycles. The Balaban J connectivity index is 1.60. The van der Waals surface area contributed by atoms with E-state index < -0.39 is 11.9 Å². The molecule has 124 valence electrons. The maximum absolute atomic E-state index is 12.5. The summed E-state index contributed by atoms with van der Waals surface area (Å²) < 4.78 is 0. The fourth-order valence-electron chi connectivity index (χ4n) is 2.69. The van der Waals surface area contributed by atoms with Crippen molar-refractivity contribution in [1.82, 2.24) is 15.8 Å². The molecule has 1 atom stereocenters. The lowest BCUT2D eigenvalue weighted by atomic mass is 10.2. The van der Waals surface area contributed by atoms with Crippen LogP contribution in [0.4, 0.5) is 0 Å². The van der Waals surface area contributed by atoms with Crippen LogP contribution in [0.25, 0.3) is 0 Å². The summed E-state index contributed by atoms with van der Waals surface area (Å²) in [6, 6.07) is 11.6. The van der Waals surface area contributed by atoms with Gasteiger partial charge in [-0.25, -0.2) is 0 Å². The van der Waals surface area contributed by atoms with Crippen LogP contribution in [0.5, 0.6) is 0 Å². The van der Waals surface area contributed by atoms with E-state index in [2.05, 4.69) is 10.9 Å². The van der Waals surface area contributed by atoms with Gasteiger partial charge in [0, 0.05) is 12.1 Å². The van der Waals surface area contributed by atoms with Crippen molar-refractivity contribution in [3.05, 3.63) is 58.3 Å². The van der Waals surface area contributed by atoms with Crippen molar-refractivity contribution >= 4 is 29.1 Å². The molecule has 1 fully saturated rings. The summed E-state index contributed by atoms with van der Waals surface area (Å²) in [7, 11) is 0. The van der Waals surface area contributed by atoms with Crippen LogP contribution in [-0.4, -0.2) is 35.2 Å². The Morgan fingerprint density at radius 3 is 2.54 bits per heavy atom. The molecule has 0 aliphatic carbocycles. The van der Waals surface area contributed by atoms with E-state index >= 15 is 0 Å². The van der Waals surface area contributed by atoms with Gasteiger partial charge in [0.2, 0.25) is 0 Å². The smallest absolute Gasteiger partial charge is 0.269 e. The SMILES string of the molecule is O=C(NNC(=O)[C@@H]1CCCN1C(=O)c1cccs1)c1ccccc1. The summed E-state index contributed by atoms with van der Waals surface area (Å²) in [6.45, 7) is 0.543. The minimum absolute atomic E-state index is 0.142. The van der Waals surface area contributed by atoms with Gasteiger partial charge in [0.25, 0.3) is 17.7 Å². The van der Waals surface area contributed by atoms with Crippen LogP contribution in [0.3, 0.4) is 0 Å². The molecule has 0 spiro atoms. The van der Waals surface area contributed by atoms with Crippen LogP contribution in [0, 0.1) is 0 Å². The topological polar surface area (TPSA) is 78.5 Å². The Bertz CT molecular complexity index is 731. The number of hydrogen-bond acceptors (Lipinski definition) is 4. The first-order valence-corrected chi connectivity index (χ1v) is 8.54. The normalized spacial score (nSPS) is 16.7. The summed E-state index contributed by atoms with van der Waals surface area (Å²) in [6.07, 6.45) is 1.35. The Labute approximate surface area is 143 Å². The zero-order valence-corrected chi connectivity index (χ0v) is 13.7. The van der Waals surface area contributed by atoms with Gasteiger partial charge in [0.1, 0.15) is 6.04 Å². The third kappa shape index (κ3) is 3.46. The van der Waals surface area contributed by atoms with Crippen molar-refractivity contribution in [3.63, 3.8) is 0 Å². The average Bonchev–Trinajstić information content (AvgIpc) is 3.31. The van der Waals surface area contributed by atoms with Gasteiger partial charge in [-0.2, -0.15) is 0 Å². The Hall–Kier alpha value is -2.67. The molecule has 0 radical (unpaired) electrons. The second kappa shape index (κ2) is 7.27. The van der Waals surface area contributed by atoms with Gasteiger partial charge in [-0.15, -0.1) is 11.3 Å². The van der Waals surface area contributed by atoms with Gasteiger partial charge in [-0.3, -0.25) is 25.2 Å². The predicted octanol–water partition coefficient (Wildman–Crippen LogP) is 1.81. The fourth-order valence-corrected chi connectivity index (χ4v) is 3.37. The summed E-state index contributed by atoms with van der Waals surface area (Å²) >= 11 is 1.35. The fraction of sp³-hybridized carbons (Fsp3) is 0.235. The number of rotatable bonds is 3. The quantitative estimate of drug-likeness (QED) is 0.835. The molecule has 2 heterocycles. The second-order valence-electron chi connectivity index (χ2n) is 5.44. The lowest BCUT2D eigenvalue weighted by Crippen LogP contribution is -2.51. The zero-order chi connectivity index (χ0) is 16.9. The van der Waals surface area contributed by atoms with Crippen LogP contribution in [-0.2, 0) is 4.79 Å². The van der Waals surface area contributed by atoms with Gasteiger partial charge < -0.3 is 4.90 Å². The molecule has 1 saturated heterocycles. The third-order valence-electron chi connectivity index (χ3n) is 3.88. The molecule has 1 aromatic carbocycles. The summed E-state index contributed by atoms with van der Waals surface area (Å²) in [4.78, 5) is 38.9. The maximum atomic E-state index is 12.5. The monoisotopic (exact) mass is 343 g/mol. The largest absolute Gasteiger partial charge is 0.326 e. The average molecular weight is 343 g/mol. The first kappa shape index (κ1) is 16.2. The molecule has 1 aromatic heterocycles. The minimum atomic E-state index is -0.560. The molecule has 0 unspecified atom stereocenters. The molecule has 0 bridgehead atoms. The summed E-state index contributed by atoms with van der Waals surface area (Å²) in [5.74, 6) is -0.906. The van der Waals surface area contributed by atoms with Crippen molar-refractivity contribution < 1.29 is 14.4 Å². The van der Waals surface area contributed by atoms with Gasteiger partial charge in [0.15, 0.2) is 0 Å². The Morgan fingerprint density at radius 2 is 1.83 bits per heavy atom. The van der Waals surface area contributed by atoms with E-state index in [1.54, 1.807) is 35.2 Å². The molecule has 0 saturated carbocycles. The first-order chi connectivity index (χ1) is 11.7. The number of hydrogen-bond donors (Lipinski definition) is 2. The number of hydrazine groups is 1. The van der Waals surface area contributed by atoms with Gasteiger partial charge in [-0.1, -0.05) is 24.3 Å². The molecular formula is C17H17N3O3S. The zero-order valence-electron chi connectivity index (χ0n) is 12.9. The highest BCUT2D eigenvalue weighted by atomic mass is 32.1. The highest BCUT2D eigenvalue weighted by Crippen LogP contribution is 2.22. The molecule has 3 amide bonds. The lowest BCUT2D eigenvalue weighted by Gasteiger charge is -2.23. The van der Waals surface area contributed by atoms with Crippen molar-refractivity contribution in [1.29, 1.82) is 0 Å². The maximum Gasteiger partial charge on any atom is 0.269 e. The molecule has 2 aromatic rings. The number of nitrogens with one attached hydrogen (secondary N) is 2. The van der Waals surface area contributed by atoms with Crippen LogP contribution in [0.15, 0.2) is 47.8 Å². The van der Waals surface area contributed by atoms with Crippen molar-refractivity contribution in [2.24, 2.45) is 0 Å². The third-order valence-corrected chi connectivity index (χ3v) is 4.74. The number of thiophene rings is 1. The number of amides is 3. The number of carbonyl (C=O) groups excluding carboxylic acids is 3. The number of likely N-dealkylation sites (tertiary alicyclic amines) is 1. The van der Waals surface area contributed by atoms with E-state index in [1.165, 1.54) is 11.3 Å². The van der Waals surface area contributed by atoms with Gasteiger partial charge >= 0.3 is 0 Å². The highest BCUT2D eigenvalue weighted by molar-refractivity contribution is 7.12. The first-order valence-electron chi connectivity index (χ1n) is 7.66. The molecular weight excluding hydrogens is 326 g/mol. The van der Waals surface area contributed by atoms with Crippen molar-refractivity contribution in [3.8, 4) is 0 Å². The van der Waals surface area contributed by atoms with Crippen LogP contribution < -0.4 is 10.9 Å². The van der Waals surface area contributed by atoms with E-state index in [4.69, 9.17) is 0 Å².